The summed E-state index contributed by atoms with van der Waals surface area (Å²) in [5.41, 5.74) is 3.40. The number of esters is 1. The van der Waals surface area contributed by atoms with Gasteiger partial charge >= 0.3 is 5.97 Å². The van der Waals surface area contributed by atoms with Crippen LogP contribution in [0.5, 0.6) is 5.75 Å². The van der Waals surface area contributed by atoms with Gasteiger partial charge in [0.15, 0.2) is 13.2 Å². The van der Waals surface area contributed by atoms with Crippen molar-refractivity contribution in [2.75, 3.05) is 19.8 Å². The highest BCUT2D eigenvalue weighted by Crippen LogP contribution is 2.19. The minimum absolute atomic E-state index is 0.232. The molecule has 2 aromatic carbocycles. The zero-order valence-corrected chi connectivity index (χ0v) is 16.7. The molecule has 29 heavy (non-hydrogen) atoms. The first kappa shape index (κ1) is 20.5. The first-order chi connectivity index (χ1) is 14.0. The van der Waals surface area contributed by atoms with E-state index in [9.17, 15) is 9.59 Å². The predicted octanol–water partition coefficient (Wildman–Crippen LogP) is 3.57. The van der Waals surface area contributed by atoms with E-state index in [0.29, 0.717) is 24.6 Å². The molecular formula is C23H26N2O4. The summed E-state index contributed by atoms with van der Waals surface area (Å²) >= 11 is 0. The highest BCUT2D eigenvalue weighted by Gasteiger charge is 2.09. The molecule has 0 spiro atoms. The molecule has 0 unspecified atom stereocenters. The van der Waals surface area contributed by atoms with Crippen molar-refractivity contribution >= 4 is 22.8 Å². The molecule has 1 heterocycles. The molecule has 6 heteroatoms. The molecule has 0 fully saturated rings. The van der Waals surface area contributed by atoms with Gasteiger partial charge in [0.05, 0.1) is 0 Å². The number of fused-ring (bicyclic) bond motifs is 1. The summed E-state index contributed by atoms with van der Waals surface area (Å²) in [5.74, 6) is 0.113. The third-order valence-electron chi connectivity index (χ3n) is 4.66. The Hall–Kier alpha value is -3.28. The van der Waals surface area contributed by atoms with Gasteiger partial charge in [0.25, 0.3) is 5.91 Å². The van der Waals surface area contributed by atoms with Crippen molar-refractivity contribution in [3.63, 3.8) is 0 Å². The van der Waals surface area contributed by atoms with Crippen LogP contribution in [0.15, 0.2) is 54.7 Å². The number of para-hydroxylation sites is 1. The lowest BCUT2D eigenvalue weighted by Gasteiger charge is -2.09. The summed E-state index contributed by atoms with van der Waals surface area (Å²) in [7, 11) is 0. The van der Waals surface area contributed by atoms with Gasteiger partial charge in [0.1, 0.15) is 5.75 Å². The number of aromatic nitrogens is 1. The van der Waals surface area contributed by atoms with E-state index in [1.165, 1.54) is 5.56 Å². The smallest absolute Gasteiger partial charge is 0.344 e. The van der Waals surface area contributed by atoms with Crippen LogP contribution in [-0.4, -0.2) is 36.6 Å². The van der Waals surface area contributed by atoms with E-state index < -0.39 is 5.97 Å². The molecule has 6 nitrogen and oxygen atoms in total. The number of aromatic amines is 1. The molecule has 0 aliphatic heterocycles. The van der Waals surface area contributed by atoms with Crippen LogP contribution in [0.3, 0.4) is 0 Å². The first-order valence-electron chi connectivity index (χ1n) is 9.73. The van der Waals surface area contributed by atoms with Crippen LogP contribution in [-0.2, 0) is 20.7 Å². The van der Waals surface area contributed by atoms with Crippen LogP contribution >= 0.6 is 0 Å². The van der Waals surface area contributed by atoms with Gasteiger partial charge in [-0.05, 0) is 41.7 Å². The van der Waals surface area contributed by atoms with Crippen LogP contribution < -0.4 is 10.1 Å². The standard InChI is InChI=1S/C23H26N2O4/c1-16(2)17-7-9-19(10-8-17)28-15-23(27)29-14-22(26)24-12-11-18-13-25-21-6-4-3-5-20(18)21/h3-10,13,16,25H,11-12,14-15H2,1-2H3,(H,24,26). The number of carbonyl (C=O) groups is 2. The molecule has 152 valence electrons. The fourth-order valence-electron chi connectivity index (χ4n) is 3.00. The van der Waals surface area contributed by atoms with E-state index >= 15 is 0 Å². The molecule has 0 atom stereocenters. The van der Waals surface area contributed by atoms with E-state index in [4.69, 9.17) is 9.47 Å². The highest BCUT2D eigenvalue weighted by molar-refractivity contribution is 5.83. The number of rotatable bonds is 9. The van der Waals surface area contributed by atoms with Crippen molar-refractivity contribution in [2.24, 2.45) is 0 Å². The van der Waals surface area contributed by atoms with Crippen LogP contribution in [0, 0.1) is 0 Å². The van der Waals surface area contributed by atoms with Crippen LogP contribution in [0.2, 0.25) is 0 Å². The Kier molecular flexibility index (Phi) is 6.89. The van der Waals surface area contributed by atoms with Gasteiger partial charge in [0, 0.05) is 23.6 Å². The Morgan fingerprint density at radius 2 is 1.79 bits per heavy atom. The van der Waals surface area contributed by atoms with E-state index in [0.717, 1.165) is 16.5 Å². The van der Waals surface area contributed by atoms with E-state index in [1.54, 1.807) is 0 Å². The molecule has 2 N–H and O–H groups in total. The van der Waals surface area contributed by atoms with E-state index in [1.807, 2.05) is 54.7 Å². The molecule has 0 saturated carbocycles. The summed E-state index contributed by atoms with van der Waals surface area (Å²) < 4.78 is 10.4. The molecular weight excluding hydrogens is 368 g/mol. The lowest BCUT2D eigenvalue weighted by Crippen LogP contribution is -2.31. The number of carbonyl (C=O) groups excluding carboxylic acids is 2. The Balaban J connectivity index is 1.34. The van der Waals surface area contributed by atoms with Gasteiger partial charge < -0.3 is 19.8 Å². The zero-order chi connectivity index (χ0) is 20.6. The number of ether oxygens (including phenoxy) is 2. The maximum absolute atomic E-state index is 11.9. The second-order valence-corrected chi connectivity index (χ2v) is 7.13. The maximum Gasteiger partial charge on any atom is 0.344 e. The zero-order valence-electron chi connectivity index (χ0n) is 16.7. The highest BCUT2D eigenvalue weighted by atomic mass is 16.6. The van der Waals surface area contributed by atoms with Gasteiger partial charge in [-0.15, -0.1) is 0 Å². The van der Waals surface area contributed by atoms with Crippen LogP contribution in [0.1, 0.15) is 30.9 Å². The Bertz CT molecular complexity index is 960. The summed E-state index contributed by atoms with van der Waals surface area (Å²) in [6.07, 6.45) is 2.64. The Labute approximate surface area is 170 Å². The average molecular weight is 394 g/mol. The molecule has 0 bridgehead atoms. The third-order valence-corrected chi connectivity index (χ3v) is 4.66. The van der Waals surface area contributed by atoms with Crippen LogP contribution in [0.25, 0.3) is 10.9 Å². The lowest BCUT2D eigenvalue weighted by molar-refractivity contribution is -0.150. The fourth-order valence-corrected chi connectivity index (χ4v) is 3.00. The monoisotopic (exact) mass is 394 g/mol. The molecule has 0 radical (unpaired) electrons. The van der Waals surface area contributed by atoms with Gasteiger partial charge in [-0.25, -0.2) is 4.79 Å². The summed E-state index contributed by atoms with van der Waals surface area (Å²) in [6, 6.07) is 15.6. The van der Waals surface area contributed by atoms with Crippen molar-refractivity contribution in [1.29, 1.82) is 0 Å². The summed E-state index contributed by atoms with van der Waals surface area (Å²) in [4.78, 5) is 26.9. The number of nitrogens with one attached hydrogen (secondary N) is 2. The van der Waals surface area contributed by atoms with Gasteiger partial charge in [-0.1, -0.05) is 44.2 Å². The summed E-state index contributed by atoms with van der Waals surface area (Å²) in [5, 5.41) is 3.91. The fraction of sp³-hybridized carbons (Fsp3) is 0.304. The first-order valence-corrected chi connectivity index (χ1v) is 9.73. The molecule has 0 aliphatic rings. The van der Waals surface area contributed by atoms with E-state index in [-0.39, 0.29) is 19.1 Å². The topological polar surface area (TPSA) is 80.4 Å². The van der Waals surface area contributed by atoms with Gasteiger partial charge in [0.2, 0.25) is 0 Å². The second kappa shape index (κ2) is 9.78. The quantitative estimate of drug-likeness (QED) is 0.544. The SMILES string of the molecule is CC(C)c1ccc(OCC(=O)OCC(=O)NCCc2c[nH]c3ccccc23)cc1. The number of H-pyrrole nitrogens is 1. The van der Waals surface area contributed by atoms with Crippen molar-refractivity contribution in [2.45, 2.75) is 26.2 Å². The summed E-state index contributed by atoms with van der Waals surface area (Å²) in [6.45, 7) is 4.14. The van der Waals surface area contributed by atoms with Crippen molar-refractivity contribution in [3.8, 4) is 5.75 Å². The number of hydrogen-bond donors (Lipinski definition) is 2. The number of benzene rings is 2. The molecule has 0 aliphatic carbocycles. The molecule has 3 aromatic rings. The van der Waals surface area contributed by atoms with Crippen molar-refractivity contribution in [3.05, 3.63) is 65.9 Å². The van der Waals surface area contributed by atoms with Gasteiger partial charge in [-0.2, -0.15) is 0 Å². The Morgan fingerprint density at radius 3 is 2.55 bits per heavy atom. The molecule has 0 saturated heterocycles. The maximum atomic E-state index is 11.9. The van der Waals surface area contributed by atoms with E-state index in [2.05, 4.69) is 24.1 Å². The number of amides is 1. The van der Waals surface area contributed by atoms with Crippen molar-refractivity contribution < 1.29 is 19.1 Å². The minimum Gasteiger partial charge on any atom is -0.482 e. The van der Waals surface area contributed by atoms with Crippen LogP contribution in [0.4, 0.5) is 0 Å². The lowest BCUT2D eigenvalue weighted by atomic mass is 10.0. The predicted molar refractivity (Wildman–Crippen MR) is 112 cm³/mol. The molecule has 1 amide bonds. The Morgan fingerprint density at radius 1 is 1.03 bits per heavy atom. The number of hydrogen-bond acceptors (Lipinski definition) is 4. The molecule has 1 aromatic heterocycles. The minimum atomic E-state index is -0.579. The average Bonchev–Trinajstić information content (AvgIpc) is 3.14. The third kappa shape index (κ3) is 5.85. The van der Waals surface area contributed by atoms with Gasteiger partial charge in [-0.3, -0.25) is 4.79 Å². The second-order valence-electron chi connectivity index (χ2n) is 7.13. The normalized spacial score (nSPS) is 10.9. The largest absolute Gasteiger partial charge is 0.482 e. The molecule has 3 rings (SSSR count). The van der Waals surface area contributed by atoms with Crippen molar-refractivity contribution in [1.82, 2.24) is 10.3 Å².